The fraction of sp³-hybridized carbons (Fsp3) is 0.725. The first kappa shape index (κ1) is 44.8. The maximum Gasteiger partial charge on any atom is 0.303 e. The molecule has 0 bridgehead atoms. The number of halogens is 1. The smallest absolute Gasteiger partial charge is 0.303 e. The van der Waals surface area contributed by atoms with E-state index in [4.69, 9.17) is 18.9 Å². The summed E-state index contributed by atoms with van der Waals surface area (Å²) in [5.41, 5.74) is 0.283. The number of epoxide rings is 1. The minimum absolute atomic E-state index is 0.00225. The van der Waals surface area contributed by atoms with Gasteiger partial charge in [-0.3, -0.25) is 24.0 Å². The number of aliphatic hydroxyl groups is 1. The number of carbonyl (C=O) groups excluding carboxylic acids is 5. The summed E-state index contributed by atoms with van der Waals surface area (Å²) in [4.78, 5) is 60.1. The second-order valence-corrected chi connectivity index (χ2v) is 16.4. The van der Waals surface area contributed by atoms with E-state index in [0.717, 1.165) is 31.3 Å². The van der Waals surface area contributed by atoms with Gasteiger partial charge in [0.25, 0.3) is 0 Å². The zero-order valence-corrected chi connectivity index (χ0v) is 35.0. The summed E-state index contributed by atoms with van der Waals surface area (Å²) < 4.78 is 23.7. The molecule has 3 heterocycles. The maximum atomic E-state index is 13.0. The number of hydrogen-bond donors (Lipinski definition) is 5. The second-order valence-electron chi connectivity index (χ2n) is 15.6. The molecule has 55 heavy (non-hydrogen) atoms. The Morgan fingerprint density at radius 1 is 0.945 bits per heavy atom. The standard InChI is InChI=1S/C40H61IN4O10/c1-24(10-13-33-25(2)17-32(27(4)54-33)45-36(48)15-12-26(3)53-28(5)46)11-14-34-39(51)40(23-52-40)21-31(55-34)20-37(49)44-30-18-29(19-30)43-35(47)9-7-6-8-16-42-38(50)22-41/h10-12,14-15,25-27,29-34,39,51H,6-9,13,16-23H2,1-5H3,(H,42,50)(H,43,47)(H,44,49)(H,45,48)/b14-11+,15-12-,24-10+/t25-,26-,27+,29?,30?,31+,32+,33-,34+,39+,40?/m0/s1. The number of aliphatic hydroxyl groups excluding tert-OH is 1. The minimum atomic E-state index is -0.845. The molecule has 0 aromatic carbocycles. The summed E-state index contributed by atoms with van der Waals surface area (Å²) in [6, 6.07) is -0.0972. The van der Waals surface area contributed by atoms with Gasteiger partial charge in [0.2, 0.25) is 23.6 Å². The number of carbonyl (C=O) groups is 5. The van der Waals surface area contributed by atoms with Crippen LogP contribution in [0.5, 0.6) is 0 Å². The predicted octanol–water partition coefficient (Wildman–Crippen LogP) is 3.24. The van der Waals surface area contributed by atoms with Crippen LogP contribution in [-0.2, 0) is 42.9 Å². The summed E-state index contributed by atoms with van der Waals surface area (Å²) in [7, 11) is 0. The van der Waals surface area contributed by atoms with Crippen LogP contribution in [0.15, 0.2) is 36.0 Å². The largest absolute Gasteiger partial charge is 0.459 e. The number of nitrogens with one attached hydrogen (secondary N) is 4. The number of amides is 4. The van der Waals surface area contributed by atoms with E-state index in [-0.39, 0.29) is 66.3 Å². The lowest BCUT2D eigenvalue weighted by Gasteiger charge is -2.39. The molecule has 4 aliphatic rings. The lowest BCUT2D eigenvalue weighted by molar-refractivity contribution is -0.146. The van der Waals surface area contributed by atoms with E-state index in [1.165, 1.54) is 13.0 Å². The van der Waals surface area contributed by atoms with Crippen molar-refractivity contribution >= 4 is 52.2 Å². The van der Waals surface area contributed by atoms with Crippen molar-refractivity contribution in [3.05, 3.63) is 36.0 Å². The van der Waals surface area contributed by atoms with Gasteiger partial charge in [-0.25, -0.2) is 0 Å². The van der Waals surface area contributed by atoms with Crippen LogP contribution >= 0.6 is 22.6 Å². The molecule has 15 heteroatoms. The lowest BCUT2D eigenvalue weighted by Crippen LogP contribution is -2.55. The molecule has 4 rings (SSSR count). The molecule has 0 aromatic rings. The van der Waals surface area contributed by atoms with Crippen LogP contribution in [0, 0.1) is 5.92 Å². The van der Waals surface area contributed by atoms with Crippen LogP contribution in [0.2, 0.25) is 0 Å². The Morgan fingerprint density at radius 2 is 1.65 bits per heavy atom. The molecule has 3 saturated heterocycles. The average Bonchev–Trinajstić information content (AvgIpc) is 3.88. The van der Waals surface area contributed by atoms with E-state index in [1.807, 2.05) is 48.6 Å². The fourth-order valence-electron chi connectivity index (χ4n) is 7.40. The molecule has 0 aromatic heterocycles. The summed E-state index contributed by atoms with van der Waals surface area (Å²) in [5.74, 6) is -0.549. The van der Waals surface area contributed by atoms with Gasteiger partial charge in [0.15, 0.2) is 0 Å². The van der Waals surface area contributed by atoms with E-state index >= 15 is 0 Å². The Hall–Kier alpha value is -2.86. The van der Waals surface area contributed by atoms with Gasteiger partial charge >= 0.3 is 5.97 Å². The molecule has 0 radical (unpaired) electrons. The Bertz CT molecular complexity index is 1430. The zero-order valence-electron chi connectivity index (χ0n) is 32.9. The van der Waals surface area contributed by atoms with Gasteiger partial charge in [-0.15, -0.1) is 0 Å². The Balaban J connectivity index is 1.15. The van der Waals surface area contributed by atoms with Gasteiger partial charge < -0.3 is 45.3 Å². The highest BCUT2D eigenvalue weighted by Crippen LogP contribution is 2.43. The highest BCUT2D eigenvalue weighted by atomic mass is 127. The molecule has 9 atom stereocenters. The topological polar surface area (TPSA) is 194 Å². The van der Waals surface area contributed by atoms with Gasteiger partial charge in [-0.05, 0) is 71.3 Å². The Kier molecular flexibility index (Phi) is 17.6. The highest BCUT2D eigenvalue weighted by Gasteiger charge is 2.58. The number of alkyl halides is 1. The molecule has 308 valence electrons. The van der Waals surface area contributed by atoms with Crippen LogP contribution in [0.25, 0.3) is 0 Å². The van der Waals surface area contributed by atoms with Gasteiger partial charge in [-0.2, -0.15) is 0 Å². The Labute approximate surface area is 338 Å². The number of unbranched alkanes of at least 4 members (excludes halogenated alkanes) is 2. The molecule has 1 spiro atoms. The van der Waals surface area contributed by atoms with Crippen LogP contribution in [0.1, 0.15) is 98.8 Å². The summed E-state index contributed by atoms with van der Waals surface area (Å²) in [6.07, 6.45) is 12.5. The molecule has 14 nitrogen and oxygen atoms in total. The monoisotopic (exact) mass is 884 g/mol. The van der Waals surface area contributed by atoms with E-state index in [9.17, 15) is 29.1 Å². The van der Waals surface area contributed by atoms with Crippen molar-refractivity contribution in [2.45, 2.75) is 159 Å². The van der Waals surface area contributed by atoms with E-state index in [1.54, 1.807) is 13.0 Å². The molecule has 1 unspecified atom stereocenters. The number of rotatable bonds is 19. The minimum Gasteiger partial charge on any atom is -0.459 e. The van der Waals surface area contributed by atoms with Crippen molar-refractivity contribution in [2.75, 3.05) is 17.6 Å². The van der Waals surface area contributed by atoms with Crippen molar-refractivity contribution in [2.24, 2.45) is 5.92 Å². The molecular weight excluding hydrogens is 823 g/mol. The first-order valence-electron chi connectivity index (χ1n) is 19.7. The van der Waals surface area contributed by atoms with Crippen molar-refractivity contribution in [3.63, 3.8) is 0 Å². The van der Waals surface area contributed by atoms with Crippen LogP contribution in [-0.4, -0.2) is 113 Å². The summed E-state index contributed by atoms with van der Waals surface area (Å²) >= 11 is 2.03. The predicted molar refractivity (Wildman–Crippen MR) is 214 cm³/mol. The van der Waals surface area contributed by atoms with Crippen LogP contribution in [0.3, 0.4) is 0 Å². The number of hydrogen-bond acceptors (Lipinski definition) is 10. The van der Waals surface area contributed by atoms with Crippen molar-refractivity contribution in [1.29, 1.82) is 0 Å². The first-order chi connectivity index (χ1) is 26.2. The number of allylic oxidation sites excluding steroid dienone is 2. The van der Waals surface area contributed by atoms with Gasteiger partial charge in [0, 0.05) is 44.5 Å². The van der Waals surface area contributed by atoms with Gasteiger partial charge in [0.1, 0.15) is 23.9 Å². The molecular formula is C40H61IN4O10. The average molecular weight is 885 g/mol. The third kappa shape index (κ3) is 14.9. The van der Waals surface area contributed by atoms with Gasteiger partial charge in [-0.1, -0.05) is 59.7 Å². The normalized spacial score (nSPS) is 32.4. The van der Waals surface area contributed by atoms with Crippen LogP contribution in [0.4, 0.5) is 0 Å². The Morgan fingerprint density at radius 3 is 2.33 bits per heavy atom. The fourth-order valence-corrected chi connectivity index (χ4v) is 7.67. The zero-order chi connectivity index (χ0) is 40.1. The SMILES string of the molecule is CC(=O)O[C@@H](C)/C=C\C(=O)N[C@@H]1C[C@H](C)[C@H](C/C=C(C)/C=C/[C@H]2O[C@H](CC(=O)NC3CC(NC(=O)CCCCCNC(=O)CI)C3)CC3(CO3)[C@@H]2O)O[C@@H]1C. The van der Waals surface area contributed by atoms with E-state index < -0.39 is 36.0 Å². The van der Waals surface area contributed by atoms with Crippen molar-refractivity contribution in [3.8, 4) is 0 Å². The summed E-state index contributed by atoms with van der Waals surface area (Å²) in [5, 5.41) is 23.0. The number of esters is 1. The van der Waals surface area contributed by atoms with E-state index in [0.29, 0.717) is 49.7 Å². The van der Waals surface area contributed by atoms with Crippen LogP contribution < -0.4 is 21.3 Å². The molecule has 1 aliphatic carbocycles. The molecule has 4 fully saturated rings. The quantitative estimate of drug-likeness (QED) is 0.0245. The van der Waals surface area contributed by atoms with Crippen molar-refractivity contribution < 1.29 is 48.0 Å². The molecule has 5 N–H and O–H groups in total. The van der Waals surface area contributed by atoms with Gasteiger partial charge in [0.05, 0.1) is 41.8 Å². The molecule has 3 aliphatic heterocycles. The van der Waals surface area contributed by atoms with E-state index in [2.05, 4.69) is 34.3 Å². The highest BCUT2D eigenvalue weighted by molar-refractivity contribution is 14.1. The molecule has 4 amide bonds. The van der Waals surface area contributed by atoms with Crippen molar-refractivity contribution in [1.82, 2.24) is 21.3 Å². The third-order valence-electron chi connectivity index (χ3n) is 10.7. The maximum absolute atomic E-state index is 13.0. The molecule has 1 saturated carbocycles. The third-order valence-corrected chi connectivity index (χ3v) is 11.4. The second kappa shape index (κ2) is 21.6. The number of ether oxygens (including phenoxy) is 4. The first-order valence-corrected chi connectivity index (χ1v) is 21.2. The lowest BCUT2D eigenvalue weighted by atomic mass is 9.85. The summed E-state index contributed by atoms with van der Waals surface area (Å²) in [6.45, 7) is 10.1.